The predicted octanol–water partition coefficient (Wildman–Crippen LogP) is 1.55. The zero-order valence-electron chi connectivity index (χ0n) is 10.5. The Labute approximate surface area is 109 Å². The Morgan fingerprint density at radius 1 is 1.47 bits per heavy atom. The van der Waals surface area contributed by atoms with Crippen molar-refractivity contribution in [2.75, 3.05) is 0 Å². The van der Waals surface area contributed by atoms with Crippen molar-refractivity contribution in [3.05, 3.63) is 30.0 Å². The Kier molecular flexibility index (Phi) is 3.79. The van der Waals surface area contributed by atoms with Crippen molar-refractivity contribution in [1.82, 2.24) is 15.5 Å². The van der Waals surface area contributed by atoms with Crippen LogP contribution in [0.25, 0.3) is 10.9 Å². The molecule has 3 N–H and O–H groups in total. The number of fused-ring (bicyclic) bond motifs is 1. The third-order valence-electron chi connectivity index (χ3n) is 2.88. The second-order valence-electron chi connectivity index (χ2n) is 4.32. The maximum atomic E-state index is 12.0. The maximum Gasteiger partial charge on any atom is 0.326 e. The van der Waals surface area contributed by atoms with Crippen LogP contribution in [-0.4, -0.2) is 33.2 Å². The molecule has 6 nitrogen and oxygen atoms in total. The summed E-state index contributed by atoms with van der Waals surface area (Å²) in [6.45, 7) is 1.87. The average molecular weight is 261 g/mol. The summed E-state index contributed by atoms with van der Waals surface area (Å²) in [5, 5.41) is 19.1. The van der Waals surface area contributed by atoms with Crippen LogP contribution in [0.4, 0.5) is 0 Å². The van der Waals surface area contributed by atoms with E-state index in [0.717, 1.165) is 10.9 Å². The third-order valence-corrected chi connectivity index (χ3v) is 2.88. The molecule has 1 amide bonds. The minimum atomic E-state index is -1.02. The first-order valence-corrected chi connectivity index (χ1v) is 6.08. The summed E-state index contributed by atoms with van der Waals surface area (Å²) >= 11 is 0. The molecule has 1 unspecified atom stereocenters. The Bertz CT molecular complexity index is 606. The van der Waals surface area contributed by atoms with E-state index in [9.17, 15) is 9.59 Å². The summed E-state index contributed by atoms with van der Waals surface area (Å²) in [4.78, 5) is 23.0. The van der Waals surface area contributed by atoms with Crippen LogP contribution < -0.4 is 5.32 Å². The molecule has 0 fully saturated rings. The van der Waals surface area contributed by atoms with Crippen molar-refractivity contribution in [2.24, 2.45) is 0 Å². The predicted molar refractivity (Wildman–Crippen MR) is 69.9 cm³/mol. The molecule has 1 aromatic heterocycles. The van der Waals surface area contributed by atoms with Crippen molar-refractivity contribution >= 4 is 22.8 Å². The smallest absolute Gasteiger partial charge is 0.326 e. The van der Waals surface area contributed by atoms with Crippen LogP contribution in [0.5, 0.6) is 0 Å². The van der Waals surface area contributed by atoms with E-state index in [-0.39, 0.29) is 0 Å². The number of aromatic amines is 1. The SMILES string of the molecule is CCCC(NC(=O)c1ccc2cn[nH]c2c1)C(=O)O. The molecule has 0 spiro atoms. The number of carbonyl (C=O) groups is 2. The van der Waals surface area contributed by atoms with Crippen LogP contribution in [0.15, 0.2) is 24.4 Å². The van der Waals surface area contributed by atoms with Crippen molar-refractivity contribution < 1.29 is 14.7 Å². The van der Waals surface area contributed by atoms with E-state index in [2.05, 4.69) is 15.5 Å². The molecule has 0 aliphatic rings. The molecule has 2 aromatic rings. The number of H-pyrrole nitrogens is 1. The highest BCUT2D eigenvalue weighted by molar-refractivity contribution is 5.99. The van der Waals surface area contributed by atoms with E-state index < -0.39 is 17.9 Å². The highest BCUT2D eigenvalue weighted by atomic mass is 16.4. The van der Waals surface area contributed by atoms with Gasteiger partial charge in [0.2, 0.25) is 0 Å². The number of hydrogen-bond acceptors (Lipinski definition) is 3. The zero-order valence-corrected chi connectivity index (χ0v) is 10.5. The lowest BCUT2D eigenvalue weighted by Crippen LogP contribution is -2.40. The molecule has 0 saturated heterocycles. The molecule has 19 heavy (non-hydrogen) atoms. The van der Waals surface area contributed by atoms with Gasteiger partial charge in [-0.05, 0) is 18.6 Å². The molecular weight excluding hydrogens is 246 g/mol. The quantitative estimate of drug-likeness (QED) is 0.760. The monoisotopic (exact) mass is 261 g/mol. The Balaban J connectivity index is 2.16. The standard InChI is InChI=1S/C13H15N3O3/c1-2-3-10(13(18)19)15-12(17)8-4-5-9-7-14-16-11(9)6-8/h4-7,10H,2-3H2,1H3,(H,14,16)(H,15,17)(H,18,19). The van der Waals surface area contributed by atoms with Gasteiger partial charge in [0.15, 0.2) is 0 Å². The number of carbonyl (C=O) groups excluding carboxylic acids is 1. The minimum Gasteiger partial charge on any atom is -0.480 e. The molecule has 100 valence electrons. The Morgan fingerprint density at radius 2 is 2.26 bits per heavy atom. The molecule has 0 radical (unpaired) electrons. The highest BCUT2D eigenvalue weighted by Crippen LogP contribution is 2.13. The molecule has 0 bridgehead atoms. The molecule has 0 aliphatic carbocycles. The van der Waals surface area contributed by atoms with Gasteiger partial charge in [-0.25, -0.2) is 4.79 Å². The molecule has 0 aliphatic heterocycles. The van der Waals surface area contributed by atoms with E-state index in [1.54, 1.807) is 24.4 Å². The summed E-state index contributed by atoms with van der Waals surface area (Å²) < 4.78 is 0. The van der Waals surface area contributed by atoms with E-state index >= 15 is 0 Å². The molecule has 2 rings (SSSR count). The van der Waals surface area contributed by atoms with E-state index in [1.165, 1.54) is 0 Å². The Hall–Kier alpha value is -2.37. The third kappa shape index (κ3) is 2.90. The van der Waals surface area contributed by atoms with Gasteiger partial charge in [-0.1, -0.05) is 19.4 Å². The normalized spacial score (nSPS) is 12.3. The number of hydrogen-bond donors (Lipinski definition) is 3. The summed E-state index contributed by atoms with van der Waals surface area (Å²) in [7, 11) is 0. The number of carboxylic acids is 1. The fourth-order valence-electron chi connectivity index (χ4n) is 1.87. The van der Waals surface area contributed by atoms with Crippen LogP contribution in [0.3, 0.4) is 0 Å². The number of amides is 1. The van der Waals surface area contributed by atoms with Crippen molar-refractivity contribution in [2.45, 2.75) is 25.8 Å². The minimum absolute atomic E-state index is 0.391. The Morgan fingerprint density at radius 3 is 2.95 bits per heavy atom. The fourth-order valence-corrected chi connectivity index (χ4v) is 1.87. The van der Waals surface area contributed by atoms with Gasteiger partial charge in [0.1, 0.15) is 6.04 Å². The van der Waals surface area contributed by atoms with E-state index in [0.29, 0.717) is 18.4 Å². The molecule has 1 atom stereocenters. The van der Waals surface area contributed by atoms with Crippen LogP contribution in [0.2, 0.25) is 0 Å². The van der Waals surface area contributed by atoms with Gasteiger partial charge >= 0.3 is 5.97 Å². The first kappa shape index (κ1) is 13.1. The van der Waals surface area contributed by atoms with Gasteiger partial charge in [0.25, 0.3) is 5.91 Å². The summed E-state index contributed by atoms with van der Waals surface area (Å²) in [6, 6.07) is 4.22. The average Bonchev–Trinajstić information content (AvgIpc) is 2.85. The van der Waals surface area contributed by atoms with Gasteiger partial charge in [0, 0.05) is 10.9 Å². The van der Waals surface area contributed by atoms with Crippen molar-refractivity contribution in [1.29, 1.82) is 0 Å². The molecule has 1 heterocycles. The van der Waals surface area contributed by atoms with Crippen LogP contribution in [0, 0.1) is 0 Å². The number of nitrogens with zero attached hydrogens (tertiary/aromatic N) is 1. The number of benzene rings is 1. The second kappa shape index (κ2) is 5.51. The number of nitrogens with one attached hydrogen (secondary N) is 2. The largest absolute Gasteiger partial charge is 0.480 e. The maximum absolute atomic E-state index is 12.0. The molecular formula is C13H15N3O3. The lowest BCUT2D eigenvalue weighted by molar-refractivity contribution is -0.139. The lowest BCUT2D eigenvalue weighted by Gasteiger charge is -2.13. The van der Waals surface area contributed by atoms with E-state index in [1.807, 2.05) is 6.92 Å². The van der Waals surface area contributed by atoms with Crippen LogP contribution in [-0.2, 0) is 4.79 Å². The van der Waals surface area contributed by atoms with E-state index in [4.69, 9.17) is 5.11 Å². The fraction of sp³-hybridized carbons (Fsp3) is 0.308. The zero-order chi connectivity index (χ0) is 13.8. The lowest BCUT2D eigenvalue weighted by atomic mass is 10.1. The van der Waals surface area contributed by atoms with Gasteiger partial charge in [-0.2, -0.15) is 5.10 Å². The first-order chi connectivity index (χ1) is 9.11. The summed E-state index contributed by atoms with van der Waals surface area (Å²) in [5.74, 6) is -1.41. The summed E-state index contributed by atoms with van der Waals surface area (Å²) in [6.07, 6.45) is 2.76. The molecule has 6 heteroatoms. The number of aliphatic carboxylic acids is 1. The van der Waals surface area contributed by atoms with Crippen molar-refractivity contribution in [3.63, 3.8) is 0 Å². The first-order valence-electron chi connectivity index (χ1n) is 6.08. The number of aromatic nitrogens is 2. The second-order valence-corrected chi connectivity index (χ2v) is 4.32. The number of rotatable bonds is 5. The number of carboxylic acid groups (broad SMARTS) is 1. The van der Waals surface area contributed by atoms with Crippen LogP contribution in [0.1, 0.15) is 30.1 Å². The van der Waals surface area contributed by atoms with Gasteiger partial charge in [-0.3, -0.25) is 9.89 Å². The van der Waals surface area contributed by atoms with Crippen LogP contribution >= 0.6 is 0 Å². The van der Waals surface area contributed by atoms with Crippen molar-refractivity contribution in [3.8, 4) is 0 Å². The topological polar surface area (TPSA) is 95.1 Å². The molecule has 0 saturated carbocycles. The van der Waals surface area contributed by atoms with Gasteiger partial charge in [0.05, 0.1) is 11.7 Å². The van der Waals surface area contributed by atoms with Gasteiger partial charge < -0.3 is 10.4 Å². The summed E-state index contributed by atoms with van der Waals surface area (Å²) in [5.41, 5.74) is 1.16. The highest BCUT2D eigenvalue weighted by Gasteiger charge is 2.19. The molecule has 1 aromatic carbocycles. The van der Waals surface area contributed by atoms with Gasteiger partial charge in [-0.15, -0.1) is 0 Å².